The Morgan fingerprint density at radius 2 is 1.77 bits per heavy atom. The lowest BCUT2D eigenvalue weighted by Crippen LogP contribution is -2.41. The van der Waals surface area contributed by atoms with E-state index >= 15 is 0 Å². The highest BCUT2D eigenvalue weighted by molar-refractivity contribution is 6.09. The number of hydrogen-bond acceptors (Lipinski definition) is 2. The number of carboxylic acid groups (broad SMARTS) is 1. The number of rotatable bonds is 7. The monoisotopic (exact) mass is 349 g/mol. The lowest BCUT2D eigenvalue weighted by atomic mass is 9.74. The Bertz CT molecular complexity index is 843. The van der Waals surface area contributed by atoms with Crippen LogP contribution in [0.2, 0.25) is 0 Å². The molecule has 1 amide bonds. The summed E-state index contributed by atoms with van der Waals surface area (Å²) in [6, 6.07) is 17.3. The van der Waals surface area contributed by atoms with E-state index in [0.29, 0.717) is 19.4 Å². The maximum Gasteiger partial charge on any atom is 0.304 e. The average Bonchev–Trinajstić information content (AvgIpc) is 2.84. The Morgan fingerprint density at radius 1 is 1.12 bits per heavy atom. The molecule has 1 aliphatic heterocycles. The van der Waals surface area contributed by atoms with Crippen LogP contribution in [0.5, 0.6) is 0 Å². The molecule has 0 spiro atoms. The van der Waals surface area contributed by atoms with Crippen molar-refractivity contribution in [3.8, 4) is 0 Å². The van der Waals surface area contributed by atoms with Gasteiger partial charge in [-0.25, -0.2) is 0 Å². The van der Waals surface area contributed by atoms with Crippen molar-refractivity contribution >= 4 is 17.6 Å². The lowest BCUT2D eigenvalue weighted by Gasteiger charge is -2.27. The molecule has 2 aromatic carbocycles. The Morgan fingerprint density at radius 3 is 2.42 bits per heavy atom. The van der Waals surface area contributed by atoms with Crippen molar-refractivity contribution in [3.63, 3.8) is 0 Å². The zero-order valence-electron chi connectivity index (χ0n) is 14.9. The zero-order valence-corrected chi connectivity index (χ0v) is 14.9. The van der Waals surface area contributed by atoms with Crippen LogP contribution in [0.1, 0.15) is 37.3 Å². The number of fused-ring (bicyclic) bond motifs is 1. The van der Waals surface area contributed by atoms with E-state index in [0.717, 1.165) is 22.4 Å². The molecule has 0 fully saturated rings. The Balaban J connectivity index is 2.05. The summed E-state index contributed by atoms with van der Waals surface area (Å²) in [4.78, 5) is 26.8. The largest absolute Gasteiger partial charge is 0.481 e. The van der Waals surface area contributed by atoms with Gasteiger partial charge in [-0.15, -0.1) is 6.58 Å². The first-order chi connectivity index (χ1) is 12.4. The third-order valence-electron chi connectivity index (χ3n) is 4.98. The van der Waals surface area contributed by atoms with E-state index in [9.17, 15) is 14.7 Å². The summed E-state index contributed by atoms with van der Waals surface area (Å²) < 4.78 is 0. The van der Waals surface area contributed by atoms with Crippen molar-refractivity contribution in [1.29, 1.82) is 0 Å². The van der Waals surface area contributed by atoms with Gasteiger partial charge in [-0.05, 0) is 37.0 Å². The Kier molecular flexibility index (Phi) is 4.94. The predicted octanol–water partition coefficient (Wildman–Crippen LogP) is 4.30. The maximum atomic E-state index is 13.5. The number of benzene rings is 2. The highest BCUT2D eigenvalue weighted by atomic mass is 16.4. The second-order valence-corrected chi connectivity index (χ2v) is 7.00. The van der Waals surface area contributed by atoms with Gasteiger partial charge in [-0.3, -0.25) is 9.59 Å². The molecule has 0 bridgehead atoms. The summed E-state index contributed by atoms with van der Waals surface area (Å²) >= 11 is 0. The average molecular weight is 349 g/mol. The molecular formula is C22H23NO3. The first-order valence-corrected chi connectivity index (χ1v) is 8.75. The third kappa shape index (κ3) is 3.27. The molecule has 1 atom stereocenters. The quantitative estimate of drug-likeness (QED) is 0.758. The number of nitrogens with zero attached hydrogens (tertiary/aromatic N) is 1. The molecule has 2 aromatic rings. The fraction of sp³-hybridized carbons (Fsp3) is 0.273. The van der Waals surface area contributed by atoms with Gasteiger partial charge in [-0.1, -0.05) is 54.1 Å². The SMILES string of the molecule is C=C(C)CCC1(CC(=O)O)C(=O)N(Cc2ccccc2)c2ccccc21. The number of para-hydroxylation sites is 1. The second-order valence-electron chi connectivity index (χ2n) is 7.00. The number of carbonyl (C=O) groups excluding carboxylic acids is 1. The van der Waals surface area contributed by atoms with Crippen LogP contribution in [-0.2, 0) is 21.5 Å². The Hall–Kier alpha value is -2.88. The maximum absolute atomic E-state index is 13.5. The van der Waals surface area contributed by atoms with E-state index in [2.05, 4.69) is 6.58 Å². The minimum absolute atomic E-state index is 0.133. The van der Waals surface area contributed by atoms with Gasteiger partial charge in [0, 0.05) is 5.69 Å². The van der Waals surface area contributed by atoms with Crippen LogP contribution in [-0.4, -0.2) is 17.0 Å². The van der Waals surface area contributed by atoms with Crippen molar-refractivity contribution in [2.45, 2.75) is 38.1 Å². The highest BCUT2D eigenvalue weighted by Gasteiger charge is 2.51. The van der Waals surface area contributed by atoms with E-state index in [4.69, 9.17) is 0 Å². The molecule has 4 heteroatoms. The number of hydrogen-bond donors (Lipinski definition) is 1. The molecule has 0 radical (unpaired) electrons. The predicted molar refractivity (Wildman–Crippen MR) is 102 cm³/mol. The van der Waals surface area contributed by atoms with Gasteiger partial charge < -0.3 is 10.0 Å². The molecule has 0 saturated carbocycles. The highest BCUT2D eigenvalue weighted by Crippen LogP contribution is 2.47. The molecule has 0 saturated heterocycles. The van der Waals surface area contributed by atoms with Crippen molar-refractivity contribution in [2.75, 3.05) is 4.90 Å². The number of amides is 1. The molecule has 0 aromatic heterocycles. The van der Waals surface area contributed by atoms with Crippen LogP contribution in [0.15, 0.2) is 66.7 Å². The summed E-state index contributed by atoms with van der Waals surface area (Å²) in [5, 5.41) is 9.53. The Labute approximate surface area is 153 Å². The van der Waals surface area contributed by atoms with Gasteiger partial charge in [0.25, 0.3) is 0 Å². The van der Waals surface area contributed by atoms with E-state index in [1.807, 2.05) is 61.5 Å². The summed E-state index contributed by atoms with van der Waals surface area (Å²) in [5.41, 5.74) is 2.55. The smallest absolute Gasteiger partial charge is 0.304 e. The van der Waals surface area contributed by atoms with Crippen molar-refractivity contribution in [2.24, 2.45) is 0 Å². The number of carbonyl (C=O) groups is 2. The van der Waals surface area contributed by atoms with E-state index in [1.54, 1.807) is 4.90 Å². The van der Waals surface area contributed by atoms with Crippen LogP contribution >= 0.6 is 0 Å². The molecular weight excluding hydrogens is 326 g/mol. The normalized spacial score (nSPS) is 18.7. The van der Waals surface area contributed by atoms with Crippen LogP contribution in [0.3, 0.4) is 0 Å². The zero-order chi connectivity index (χ0) is 18.7. The van der Waals surface area contributed by atoms with Crippen LogP contribution < -0.4 is 4.90 Å². The molecule has 4 nitrogen and oxygen atoms in total. The topological polar surface area (TPSA) is 57.6 Å². The van der Waals surface area contributed by atoms with Gasteiger partial charge >= 0.3 is 5.97 Å². The van der Waals surface area contributed by atoms with Crippen molar-refractivity contribution in [3.05, 3.63) is 77.9 Å². The first-order valence-electron chi connectivity index (χ1n) is 8.75. The van der Waals surface area contributed by atoms with E-state index in [-0.39, 0.29) is 12.3 Å². The molecule has 134 valence electrons. The molecule has 26 heavy (non-hydrogen) atoms. The third-order valence-corrected chi connectivity index (χ3v) is 4.98. The second kappa shape index (κ2) is 7.16. The van der Waals surface area contributed by atoms with Crippen molar-refractivity contribution in [1.82, 2.24) is 0 Å². The first kappa shape index (κ1) is 17.9. The molecule has 0 aliphatic carbocycles. The minimum atomic E-state index is -1.03. The van der Waals surface area contributed by atoms with Crippen LogP contribution in [0.25, 0.3) is 0 Å². The standard InChI is InChI=1S/C22H23NO3/c1-16(2)12-13-22(14-20(24)25)18-10-6-7-11-19(18)23(21(22)26)15-17-8-4-3-5-9-17/h3-11H,1,12-15H2,2H3,(H,24,25). The summed E-state index contributed by atoms with van der Waals surface area (Å²) in [7, 11) is 0. The fourth-order valence-corrected chi connectivity index (χ4v) is 3.71. The van der Waals surface area contributed by atoms with Gasteiger partial charge in [0.15, 0.2) is 0 Å². The molecule has 1 N–H and O–H groups in total. The summed E-state index contributed by atoms with van der Waals surface area (Å²) in [6.45, 7) is 6.26. The molecule has 1 heterocycles. The van der Waals surface area contributed by atoms with E-state index < -0.39 is 11.4 Å². The van der Waals surface area contributed by atoms with Gasteiger partial charge in [0.2, 0.25) is 5.91 Å². The van der Waals surface area contributed by atoms with E-state index in [1.165, 1.54) is 0 Å². The summed E-state index contributed by atoms with van der Waals surface area (Å²) in [5.74, 6) is -1.09. The fourth-order valence-electron chi connectivity index (χ4n) is 3.71. The summed E-state index contributed by atoms with van der Waals surface area (Å²) in [6.07, 6.45) is 0.865. The number of allylic oxidation sites excluding steroid dienone is 1. The molecule has 3 rings (SSSR count). The number of carboxylic acids is 1. The van der Waals surface area contributed by atoms with Crippen LogP contribution in [0.4, 0.5) is 5.69 Å². The van der Waals surface area contributed by atoms with Crippen molar-refractivity contribution < 1.29 is 14.7 Å². The van der Waals surface area contributed by atoms with Crippen LogP contribution in [0, 0.1) is 0 Å². The number of aliphatic carboxylic acids is 1. The van der Waals surface area contributed by atoms with Gasteiger partial charge in [-0.2, -0.15) is 0 Å². The molecule has 1 aliphatic rings. The lowest BCUT2D eigenvalue weighted by molar-refractivity contribution is -0.141. The van der Waals surface area contributed by atoms with Gasteiger partial charge in [0.05, 0.1) is 18.4 Å². The molecule has 1 unspecified atom stereocenters. The minimum Gasteiger partial charge on any atom is -0.481 e. The number of anilines is 1. The van der Waals surface area contributed by atoms with Gasteiger partial charge in [0.1, 0.15) is 0 Å².